The molecule has 1 saturated heterocycles. The van der Waals surface area contributed by atoms with E-state index in [-0.39, 0.29) is 0 Å². The number of halogens is 3. The van der Waals surface area contributed by atoms with Crippen LogP contribution in [-0.2, 0) is 0 Å². The van der Waals surface area contributed by atoms with Crippen molar-refractivity contribution in [3.8, 4) is 0 Å². The standard InChI is InChI=1S/C12H15Cl3N2/c13-8-5-10(14)12(11(15)6-8)17-7-9-3-1-2-4-16-9/h5-6,9,16-17H,1-4,7H2. The van der Waals surface area contributed by atoms with E-state index in [1.807, 2.05) is 0 Å². The molecule has 1 atom stereocenters. The fraction of sp³-hybridized carbons (Fsp3) is 0.500. The molecule has 0 saturated carbocycles. The number of nitrogens with one attached hydrogen (secondary N) is 2. The highest BCUT2D eigenvalue weighted by Gasteiger charge is 2.14. The molecule has 0 bridgehead atoms. The van der Waals surface area contributed by atoms with Crippen molar-refractivity contribution in [1.29, 1.82) is 0 Å². The predicted molar refractivity (Wildman–Crippen MR) is 75.6 cm³/mol. The van der Waals surface area contributed by atoms with Crippen molar-refractivity contribution in [2.45, 2.75) is 25.3 Å². The van der Waals surface area contributed by atoms with Gasteiger partial charge in [-0.15, -0.1) is 0 Å². The highest BCUT2D eigenvalue weighted by atomic mass is 35.5. The lowest BCUT2D eigenvalue weighted by molar-refractivity contribution is 0.414. The van der Waals surface area contributed by atoms with E-state index >= 15 is 0 Å². The lowest BCUT2D eigenvalue weighted by Crippen LogP contribution is -2.39. The molecular weight excluding hydrogens is 279 g/mol. The summed E-state index contributed by atoms with van der Waals surface area (Å²) in [6.07, 6.45) is 3.73. The molecule has 0 aromatic heterocycles. The van der Waals surface area contributed by atoms with Gasteiger partial charge in [0.25, 0.3) is 0 Å². The van der Waals surface area contributed by atoms with Gasteiger partial charge < -0.3 is 10.6 Å². The molecule has 1 aliphatic rings. The number of benzene rings is 1. The van der Waals surface area contributed by atoms with Crippen LogP contribution in [0.3, 0.4) is 0 Å². The lowest BCUT2D eigenvalue weighted by atomic mass is 10.1. The largest absolute Gasteiger partial charge is 0.381 e. The molecule has 0 amide bonds. The van der Waals surface area contributed by atoms with E-state index in [1.165, 1.54) is 19.3 Å². The molecule has 1 aromatic carbocycles. The highest BCUT2D eigenvalue weighted by molar-refractivity contribution is 6.41. The Hall–Kier alpha value is -0.150. The summed E-state index contributed by atoms with van der Waals surface area (Å²) in [5, 5.41) is 8.45. The van der Waals surface area contributed by atoms with Gasteiger partial charge in [0.1, 0.15) is 0 Å². The Morgan fingerprint density at radius 3 is 2.47 bits per heavy atom. The van der Waals surface area contributed by atoms with Crippen molar-refractivity contribution in [2.24, 2.45) is 0 Å². The van der Waals surface area contributed by atoms with Gasteiger partial charge in [0, 0.05) is 17.6 Å². The van der Waals surface area contributed by atoms with Gasteiger partial charge in [-0.05, 0) is 31.5 Å². The van der Waals surface area contributed by atoms with Crippen LogP contribution < -0.4 is 10.6 Å². The number of anilines is 1. The molecule has 0 aliphatic carbocycles. The van der Waals surface area contributed by atoms with E-state index in [4.69, 9.17) is 34.8 Å². The molecule has 1 aromatic rings. The van der Waals surface area contributed by atoms with Gasteiger partial charge in [-0.2, -0.15) is 0 Å². The predicted octanol–water partition coefficient (Wildman–Crippen LogP) is 4.20. The first-order chi connectivity index (χ1) is 8.16. The first kappa shape index (κ1) is 13.3. The Morgan fingerprint density at radius 2 is 1.88 bits per heavy atom. The van der Waals surface area contributed by atoms with E-state index in [1.54, 1.807) is 12.1 Å². The van der Waals surface area contributed by atoms with Crippen LogP contribution in [0.4, 0.5) is 5.69 Å². The van der Waals surface area contributed by atoms with E-state index in [0.717, 1.165) is 18.8 Å². The van der Waals surface area contributed by atoms with Crippen molar-refractivity contribution in [3.05, 3.63) is 27.2 Å². The maximum absolute atomic E-state index is 6.10. The molecule has 2 nitrogen and oxygen atoms in total. The third kappa shape index (κ3) is 3.65. The molecule has 1 aliphatic heterocycles. The summed E-state index contributed by atoms with van der Waals surface area (Å²) in [6, 6.07) is 3.89. The SMILES string of the molecule is Clc1cc(Cl)c(NCC2CCCCN2)c(Cl)c1. The first-order valence-electron chi connectivity index (χ1n) is 5.78. The van der Waals surface area contributed by atoms with Crippen LogP contribution >= 0.6 is 34.8 Å². The normalized spacial score (nSPS) is 20.3. The zero-order valence-electron chi connectivity index (χ0n) is 9.40. The second-order valence-corrected chi connectivity index (χ2v) is 5.52. The number of hydrogen-bond donors (Lipinski definition) is 2. The minimum Gasteiger partial charge on any atom is -0.381 e. The Balaban J connectivity index is 1.98. The monoisotopic (exact) mass is 292 g/mol. The highest BCUT2D eigenvalue weighted by Crippen LogP contribution is 2.33. The van der Waals surface area contributed by atoms with E-state index in [2.05, 4.69) is 10.6 Å². The van der Waals surface area contributed by atoms with Crippen LogP contribution in [0.25, 0.3) is 0 Å². The maximum Gasteiger partial charge on any atom is 0.0720 e. The topological polar surface area (TPSA) is 24.1 Å². The fourth-order valence-corrected chi connectivity index (χ4v) is 2.99. The molecule has 2 N–H and O–H groups in total. The van der Waals surface area contributed by atoms with Crippen LogP contribution in [0.5, 0.6) is 0 Å². The summed E-state index contributed by atoms with van der Waals surface area (Å²) in [6.45, 7) is 1.93. The number of piperidine rings is 1. The van der Waals surface area contributed by atoms with E-state index in [0.29, 0.717) is 21.1 Å². The smallest absolute Gasteiger partial charge is 0.0720 e. The Morgan fingerprint density at radius 1 is 1.18 bits per heavy atom. The third-order valence-electron chi connectivity index (χ3n) is 2.94. The van der Waals surface area contributed by atoms with E-state index in [9.17, 15) is 0 Å². The summed E-state index contributed by atoms with van der Waals surface area (Å²) in [4.78, 5) is 0. The van der Waals surface area contributed by atoms with Crippen LogP contribution in [0.1, 0.15) is 19.3 Å². The fourth-order valence-electron chi connectivity index (χ4n) is 2.03. The summed E-state index contributed by atoms with van der Waals surface area (Å²) in [7, 11) is 0. The van der Waals surface area contributed by atoms with Crippen molar-refractivity contribution in [3.63, 3.8) is 0 Å². The van der Waals surface area contributed by atoms with Crippen molar-refractivity contribution >= 4 is 40.5 Å². The summed E-state index contributed by atoms with van der Waals surface area (Å²) >= 11 is 18.1. The van der Waals surface area contributed by atoms with Gasteiger partial charge in [-0.3, -0.25) is 0 Å². The molecule has 5 heteroatoms. The zero-order chi connectivity index (χ0) is 12.3. The molecule has 1 unspecified atom stereocenters. The molecule has 94 valence electrons. The quantitative estimate of drug-likeness (QED) is 0.873. The minimum atomic E-state index is 0.492. The van der Waals surface area contributed by atoms with Crippen molar-refractivity contribution < 1.29 is 0 Å². The molecular formula is C12H15Cl3N2. The van der Waals surface area contributed by atoms with Gasteiger partial charge in [-0.25, -0.2) is 0 Å². The Bertz CT molecular complexity index is 366. The molecule has 0 radical (unpaired) electrons. The lowest BCUT2D eigenvalue weighted by Gasteiger charge is -2.24. The molecule has 1 heterocycles. The molecule has 2 rings (SSSR count). The summed E-state index contributed by atoms with van der Waals surface area (Å²) < 4.78 is 0. The zero-order valence-corrected chi connectivity index (χ0v) is 11.7. The second kappa shape index (κ2) is 6.14. The molecule has 1 fully saturated rings. The number of hydrogen-bond acceptors (Lipinski definition) is 2. The summed E-state index contributed by atoms with van der Waals surface area (Å²) in [5.41, 5.74) is 0.769. The third-order valence-corrected chi connectivity index (χ3v) is 3.76. The van der Waals surface area contributed by atoms with Gasteiger partial charge in [0.15, 0.2) is 0 Å². The van der Waals surface area contributed by atoms with Gasteiger partial charge >= 0.3 is 0 Å². The molecule has 17 heavy (non-hydrogen) atoms. The van der Waals surface area contributed by atoms with E-state index < -0.39 is 0 Å². The van der Waals surface area contributed by atoms with Crippen molar-refractivity contribution in [1.82, 2.24) is 5.32 Å². The van der Waals surface area contributed by atoms with Gasteiger partial charge in [-0.1, -0.05) is 41.2 Å². The van der Waals surface area contributed by atoms with Gasteiger partial charge in [0.2, 0.25) is 0 Å². The Kier molecular flexibility index (Phi) is 4.80. The van der Waals surface area contributed by atoms with Crippen LogP contribution in [0.15, 0.2) is 12.1 Å². The van der Waals surface area contributed by atoms with Gasteiger partial charge in [0.05, 0.1) is 15.7 Å². The minimum absolute atomic E-state index is 0.492. The van der Waals surface area contributed by atoms with Crippen LogP contribution in [0.2, 0.25) is 15.1 Å². The first-order valence-corrected chi connectivity index (χ1v) is 6.92. The Labute approximate surface area is 117 Å². The average Bonchev–Trinajstić information content (AvgIpc) is 2.29. The maximum atomic E-state index is 6.10. The van der Waals surface area contributed by atoms with Crippen LogP contribution in [0, 0.1) is 0 Å². The number of rotatable bonds is 3. The van der Waals surface area contributed by atoms with Crippen molar-refractivity contribution in [2.75, 3.05) is 18.4 Å². The average molecular weight is 294 g/mol. The van der Waals surface area contributed by atoms with Crippen LogP contribution in [-0.4, -0.2) is 19.1 Å². The summed E-state index contributed by atoms with van der Waals surface area (Å²) in [5.74, 6) is 0. The molecule has 0 spiro atoms. The second-order valence-electron chi connectivity index (χ2n) is 4.27.